The van der Waals surface area contributed by atoms with Gasteiger partial charge in [-0.3, -0.25) is 19.8 Å². The fourth-order valence-corrected chi connectivity index (χ4v) is 4.36. The van der Waals surface area contributed by atoms with Crippen molar-refractivity contribution in [2.24, 2.45) is 0 Å². The van der Waals surface area contributed by atoms with Gasteiger partial charge in [-0.1, -0.05) is 36.1 Å². The van der Waals surface area contributed by atoms with E-state index in [4.69, 9.17) is 26.1 Å². The fourth-order valence-electron chi connectivity index (χ4n) is 3.11. The van der Waals surface area contributed by atoms with Gasteiger partial charge in [0.05, 0.1) is 35.3 Å². The third-order valence-corrected chi connectivity index (χ3v) is 6.13. The van der Waals surface area contributed by atoms with Crippen molar-refractivity contribution in [2.45, 2.75) is 6.54 Å². The van der Waals surface area contributed by atoms with Gasteiger partial charge in [-0.2, -0.15) is 0 Å². The number of ether oxygens (including phenoxy) is 2. The van der Waals surface area contributed by atoms with Crippen molar-refractivity contribution >= 4 is 51.9 Å². The van der Waals surface area contributed by atoms with Crippen molar-refractivity contribution in [1.29, 1.82) is 0 Å². The molecule has 1 saturated heterocycles. The summed E-state index contributed by atoms with van der Waals surface area (Å²) in [7, 11) is 1.41. The van der Waals surface area contributed by atoms with Gasteiger partial charge in [0.1, 0.15) is 10.1 Å². The number of thioether (sulfide) groups is 1. The molecule has 1 aliphatic heterocycles. The lowest BCUT2D eigenvalue weighted by Crippen LogP contribution is -2.27. The first-order chi connectivity index (χ1) is 16.4. The number of esters is 1. The standard InChI is InChI=1S/C23H16N2O7S2/c1-30-19-10-14(11-20-21(26)24(23(33)34-20)13-17-6-3-9-31-17)7-8-18(19)32-22(27)15-4-2-5-16(12-15)25(28)29/h2-12H,13H2,1H3. The lowest BCUT2D eigenvalue weighted by atomic mass is 10.1. The summed E-state index contributed by atoms with van der Waals surface area (Å²) < 4.78 is 16.4. The van der Waals surface area contributed by atoms with E-state index in [1.165, 1.54) is 54.3 Å². The summed E-state index contributed by atoms with van der Waals surface area (Å²) in [4.78, 5) is 37.5. The molecule has 3 aromatic rings. The molecular weight excluding hydrogens is 480 g/mol. The van der Waals surface area contributed by atoms with Crippen molar-refractivity contribution < 1.29 is 28.4 Å². The molecule has 34 heavy (non-hydrogen) atoms. The Morgan fingerprint density at radius 1 is 1.21 bits per heavy atom. The Hall–Kier alpha value is -3.96. The van der Waals surface area contributed by atoms with Crippen molar-refractivity contribution in [3.63, 3.8) is 0 Å². The minimum Gasteiger partial charge on any atom is -0.493 e. The molecule has 1 aliphatic rings. The summed E-state index contributed by atoms with van der Waals surface area (Å²) in [6.45, 7) is 0.241. The van der Waals surface area contributed by atoms with Crippen molar-refractivity contribution in [1.82, 2.24) is 4.90 Å². The number of rotatable bonds is 7. The summed E-state index contributed by atoms with van der Waals surface area (Å²) in [5.74, 6) is -0.0191. The first-order valence-electron chi connectivity index (χ1n) is 9.78. The summed E-state index contributed by atoms with van der Waals surface area (Å²) in [6.07, 6.45) is 3.19. The highest BCUT2D eigenvalue weighted by Crippen LogP contribution is 2.35. The summed E-state index contributed by atoms with van der Waals surface area (Å²) in [6, 6.07) is 13.5. The SMILES string of the molecule is COc1cc(C=C2SC(=S)N(Cc3ccco3)C2=O)ccc1OC(=O)c1cccc([N+](=O)[O-])c1. The zero-order chi connectivity index (χ0) is 24.2. The van der Waals surface area contributed by atoms with Crippen LogP contribution in [-0.4, -0.2) is 33.1 Å². The number of thiocarbonyl (C=S) groups is 1. The lowest BCUT2D eigenvalue weighted by Gasteiger charge is -2.12. The van der Waals surface area contributed by atoms with Crippen LogP contribution >= 0.6 is 24.0 Å². The van der Waals surface area contributed by atoms with Gasteiger partial charge in [-0.25, -0.2) is 4.79 Å². The van der Waals surface area contributed by atoms with Crippen LogP contribution in [0.15, 0.2) is 70.2 Å². The zero-order valence-corrected chi connectivity index (χ0v) is 19.3. The number of carbonyl (C=O) groups excluding carboxylic acids is 2. The second kappa shape index (κ2) is 9.89. The highest BCUT2D eigenvalue weighted by atomic mass is 32.2. The maximum absolute atomic E-state index is 12.8. The molecule has 2 heterocycles. The number of amides is 1. The molecule has 11 heteroatoms. The normalized spacial score (nSPS) is 14.5. The van der Waals surface area contributed by atoms with Crippen LogP contribution < -0.4 is 9.47 Å². The van der Waals surface area contributed by atoms with E-state index in [-0.39, 0.29) is 35.2 Å². The Bertz CT molecular complexity index is 1320. The molecule has 1 fully saturated rings. The first-order valence-corrected chi connectivity index (χ1v) is 11.0. The molecule has 4 rings (SSSR count). The number of furan rings is 1. The summed E-state index contributed by atoms with van der Waals surface area (Å²) in [5, 5.41) is 10.9. The van der Waals surface area contributed by atoms with Gasteiger partial charge in [0.2, 0.25) is 0 Å². The molecule has 0 spiro atoms. The number of methoxy groups -OCH3 is 1. The average molecular weight is 497 g/mol. The molecule has 0 bridgehead atoms. The van der Waals surface area contributed by atoms with E-state index in [0.717, 1.165) is 6.07 Å². The van der Waals surface area contributed by atoms with Crippen molar-refractivity contribution in [2.75, 3.05) is 7.11 Å². The maximum atomic E-state index is 12.8. The van der Waals surface area contributed by atoms with Crippen molar-refractivity contribution in [3.8, 4) is 11.5 Å². The zero-order valence-electron chi connectivity index (χ0n) is 17.6. The van der Waals surface area contributed by atoms with Gasteiger partial charge in [-0.05, 0) is 42.0 Å². The quantitative estimate of drug-likeness (QED) is 0.113. The van der Waals surface area contributed by atoms with Gasteiger partial charge >= 0.3 is 5.97 Å². The highest BCUT2D eigenvalue weighted by molar-refractivity contribution is 8.26. The molecule has 0 unspecified atom stereocenters. The van der Waals surface area contributed by atoms with E-state index in [9.17, 15) is 19.7 Å². The van der Waals surface area contributed by atoms with Gasteiger partial charge in [0, 0.05) is 12.1 Å². The minimum absolute atomic E-state index is 0.0283. The van der Waals surface area contributed by atoms with Gasteiger partial charge in [0.15, 0.2) is 11.5 Å². The van der Waals surface area contributed by atoms with E-state index in [0.29, 0.717) is 20.5 Å². The second-order valence-electron chi connectivity index (χ2n) is 6.95. The number of carbonyl (C=O) groups is 2. The molecule has 0 atom stereocenters. The summed E-state index contributed by atoms with van der Waals surface area (Å²) >= 11 is 6.51. The van der Waals surface area contributed by atoms with Crippen LogP contribution in [0.3, 0.4) is 0 Å². The average Bonchev–Trinajstić information content (AvgIpc) is 3.44. The lowest BCUT2D eigenvalue weighted by molar-refractivity contribution is -0.384. The molecule has 0 saturated carbocycles. The van der Waals surface area contributed by atoms with Crippen LogP contribution in [0.1, 0.15) is 21.7 Å². The minimum atomic E-state index is -0.770. The molecule has 9 nitrogen and oxygen atoms in total. The van der Waals surface area contributed by atoms with Crippen LogP contribution in [-0.2, 0) is 11.3 Å². The van der Waals surface area contributed by atoms with Crippen LogP contribution in [0.4, 0.5) is 5.69 Å². The number of nitro groups is 1. The van der Waals surface area contributed by atoms with E-state index in [1.807, 2.05) is 0 Å². The molecule has 0 radical (unpaired) electrons. The van der Waals surface area contributed by atoms with Gasteiger partial charge in [0.25, 0.3) is 11.6 Å². The molecule has 172 valence electrons. The fraction of sp³-hybridized carbons (Fsp3) is 0.0870. The summed E-state index contributed by atoms with van der Waals surface area (Å²) in [5.41, 5.74) is 0.437. The van der Waals surface area contributed by atoms with E-state index >= 15 is 0 Å². The Balaban J connectivity index is 1.52. The number of non-ortho nitro benzene ring substituents is 1. The predicted octanol–water partition coefficient (Wildman–Crippen LogP) is 4.82. The number of nitrogens with zero attached hydrogens (tertiary/aromatic N) is 2. The number of benzene rings is 2. The highest BCUT2D eigenvalue weighted by Gasteiger charge is 2.32. The maximum Gasteiger partial charge on any atom is 0.343 e. The monoisotopic (exact) mass is 496 g/mol. The smallest absolute Gasteiger partial charge is 0.343 e. The Labute approximate surface area is 203 Å². The topological polar surface area (TPSA) is 112 Å². The van der Waals surface area contributed by atoms with Gasteiger partial charge < -0.3 is 13.9 Å². The third kappa shape index (κ3) is 5.00. The molecule has 1 amide bonds. The Kier molecular flexibility index (Phi) is 6.75. The predicted molar refractivity (Wildman–Crippen MR) is 128 cm³/mol. The third-order valence-electron chi connectivity index (χ3n) is 4.75. The van der Waals surface area contributed by atoms with Crippen molar-refractivity contribution in [3.05, 3.63) is 92.8 Å². The Morgan fingerprint density at radius 2 is 2.03 bits per heavy atom. The van der Waals surface area contributed by atoms with E-state index < -0.39 is 10.9 Å². The van der Waals surface area contributed by atoms with E-state index in [2.05, 4.69) is 0 Å². The molecule has 2 aromatic carbocycles. The van der Waals surface area contributed by atoms with Crippen LogP contribution in [0, 0.1) is 10.1 Å². The Morgan fingerprint density at radius 3 is 2.74 bits per heavy atom. The largest absolute Gasteiger partial charge is 0.493 e. The molecule has 0 N–H and O–H groups in total. The van der Waals surface area contributed by atoms with Crippen LogP contribution in [0.2, 0.25) is 0 Å². The molecular formula is C23H16N2O7S2. The first kappa shape index (κ1) is 23.2. The number of nitro benzene ring substituents is 1. The van der Waals surface area contributed by atoms with Gasteiger partial charge in [-0.15, -0.1) is 0 Å². The number of hydrogen-bond donors (Lipinski definition) is 0. The number of hydrogen-bond acceptors (Lipinski definition) is 9. The van der Waals surface area contributed by atoms with Crippen LogP contribution in [0.25, 0.3) is 6.08 Å². The second-order valence-corrected chi connectivity index (χ2v) is 8.63. The molecule has 1 aromatic heterocycles. The molecule has 0 aliphatic carbocycles. The van der Waals surface area contributed by atoms with E-state index in [1.54, 1.807) is 30.3 Å². The van der Waals surface area contributed by atoms with Crippen LogP contribution in [0.5, 0.6) is 11.5 Å².